The molecule has 0 spiro atoms. The highest BCUT2D eigenvalue weighted by Gasteiger charge is 2.34. The average Bonchev–Trinajstić information content (AvgIpc) is 3.35. The molecule has 1 aromatic heterocycles. The number of anilines is 1. The molecular weight excluding hydrogens is 341 g/mol. The fraction of sp³-hybridized carbons (Fsp3) is 0.474. The van der Waals surface area contributed by atoms with E-state index in [1.807, 2.05) is 12.1 Å². The number of aromatic nitrogens is 2. The van der Waals surface area contributed by atoms with E-state index in [2.05, 4.69) is 15.3 Å². The molecule has 1 fully saturated rings. The summed E-state index contributed by atoms with van der Waals surface area (Å²) in [5, 5.41) is 3.80. The van der Waals surface area contributed by atoms with Crippen molar-refractivity contribution in [2.75, 3.05) is 19.0 Å². The lowest BCUT2D eigenvalue weighted by Gasteiger charge is -2.20. The Bertz CT molecular complexity index is 764. The van der Waals surface area contributed by atoms with Gasteiger partial charge in [-0.05, 0) is 60.9 Å². The minimum atomic E-state index is -0.225. The SMILES string of the molecule is COCC(Nc1nc(Cl)nc2c1CCC2c1ccc(F)cc1)C1CC1. The molecule has 0 saturated heterocycles. The predicted octanol–water partition coefficient (Wildman–Crippen LogP) is 4.18. The standard InChI is InChI=1S/C19H21ClFN3O/c1-25-10-16(12-2-3-12)22-18-15-9-8-14(17(15)23-19(20)24-18)11-4-6-13(21)7-5-11/h4-7,12,14,16H,2-3,8-10H2,1H3,(H,22,23,24). The third-order valence-electron chi connectivity index (χ3n) is 5.16. The van der Waals surface area contributed by atoms with Crippen molar-refractivity contribution in [2.24, 2.45) is 5.92 Å². The van der Waals surface area contributed by atoms with Crippen molar-refractivity contribution < 1.29 is 9.13 Å². The van der Waals surface area contributed by atoms with Crippen LogP contribution in [0.4, 0.5) is 10.2 Å². The lowest BCUT2D eigenvalue weighted by atomic mass is 9.97. The van der Waals surface area contributed by atoms with E-state index < -0.39 is 0 Å². The van der Waals surface area contributed by atoms with Gasteiger partial charge >= 0.3 is 0 Å². The van der Waals surface area contributed by atoms with Crippen molar-refractivity contribution in [1.29, 1.82) is 0 Å². The molecule has 0 radical (unpaired) electrons. The van der Waals surface area contributed by atoms with Gasteiger partial charge in [-0.15, -0.1) is 0 Å². The van der Waals surface area contributed by atoms with Gasteiger partial charge in [-0.3, -0.25) is 0 Å². The molecular formula is C19H21ClFN3O. The average molecular weight is 362 g/mol. The normalized spacial score (nSPS) is 20.4. The summed E-state index contributed by atoms with van der Waals surface area (Å²) in [7, 11) is 1.72. The summed E-state index contributed by atoms with van der Waals surface area (Å²) in [6, 6.07) is 6.91. The number of fused-ring (bicyclic) bond motifs is 1. The monoisotopic (exact) mass is 361 g/mol. The number of ether oxygens (including phenoxy) is 1. The molecule has 2 aromatic rings. The number of benzene rings is 1. The number of methoxy groups -OCH3 is 1. The first kappa shape index (κ1) is 16.7. The highest BCUT2D eigenvalue weighted by Crippen LogP contribution is 2.41. The molecule has 4 nitrogen and oxygen atoms in total. The lowest BCUT2D eigenvalue weighted by molar-refractivity contribution is 0.179. The van der Waals surface area contributed by atoms with Gasteiger partial charge in [-0.2, -0.15) is 0 Å². The highest BCUT2D eigenvalue weighted by atomic mass is 35.5. The molecule has 1 N–H and O–H groups in total. The Hall–Kier alpha value is -1.72. The van der Waals surface area contributed by atoms with Gasteiger partial charge in [-0.1, -0.05) is 12.1 Å². The number of hydrogen-bond donors (Lipinski definition) is 1. The van der Waals surface area contributed by atoms with E-state index in [1.165, 1.54) is 25.0 Å². The zero-order valence-electron chi connectivity index (χ0n) is 14.1. The number of hydrogen-bond acceptors (Lipinski definition) is 4. The van der Waals surface area contributed by atoms with Crippen LogP contribution in [0.3, 0.4) is 0 Å². The molecule has 0 bridgehead atoms. The lowest BCUT2D eigenvalue weighted by Crippen LogP contribution is -2.28. The summed E-state index contributed by atoms with van der Waals surface area (Å²) in [6.07, 6.45) is 4.27. The number of nitrogens with one attached hydrogen (secondary N) is 1. The van der Waals surface area contributed by atoms with E-state index in [-0.39, 0.29) is 23.1 Å². The Balaban J connectivity index is 1.65. The second kappa shape index (κ2) is 6.89. The van der Waals surface area contributed by atoms with Crippen LogP contribution in [0.15, 0.2) is 24.3 Å². The van der Waals surface area contributed by atoms with Crippen molar-refractivity contribution >= 4 is 17.4 Å². The van der Waals surface area contributed by atoms with E-state index in [1.54, 1.807) is 7.11 Å². The van der Waals surface area contributed by atoms with Crippen LogP contribution < -0.4 is 5.32 Å². The minimum Gasteiger partial charge on any atom is -0.383 e. The van der Waals surface area contributed by atoms with E-state index in [0.29, 0.717) is 12.5 Å². The minimum absolute atomic E-state index is 0.137. The molecule has 1 saturated carbocycles. The number of nitrogens with zero attached hydrogens (tertiary/aromatic N) is 2. The predicted molar refractivity (Wildman–Crippen MR) is 95.6 cm³/mol. The Labute approximate surface area is 151 Å². The van der Waals surface area contributed by atoms with Crippen LogP contribution in [0, 0.1) is 11.7 Å². The van der Waals surface area contributed by atoms with Crippen LogP contribution in [-0.4, -0.2) is 29.7 Å². The maximum atomic E-state index is 13.2. The third kappa shape index (κ3) is 3.48. The molecule has 2 aliphatic rings. The summed E-state index contributed by atoms with van der Waals surface area (Å²) < 4.78 is 18.6. The quantitative estimate of drug-likeness (QED) is 0.784. The molecule has 6 heteroatoms. The summed E-state index contributed by atoms with van der Waals surface area (Å²) in [5.41, 5.74) is 3.15. The highest BCUT2D eigenvalue weighted by molar-refractivity contribution is 6.28. The number of rotatable bonds is 6. The zero-order chi connectivity index (χ0) is 17.4. The van der Waals surface area contributed by atoms with Gasteiger partial charge in [0.2, 0.25) is 5.28 Å². The Morgan fingerprint density at radius 1 is 1.24 bits per heavy atom. The van der Waals surface area contributed by atoms with Crippen LogP contribution in [0.25, 0.3) is 0 Å². The van der Waals surface area contributed by atoms with Gasteiger partial charge in [0.15, 0.2) is 0 Å². The van der Waals surface area contributed by atoms with Crippen LogP contribution in [0.5, 0.6) is 0 Å². The largest absolute Gasteiger partial charge is 0.383 e. The molecule has 1 heterocycles. The number of halogens is 2. The molecule has 2 atom stereocenters. The second-order valence-corrected chi connectivity index (χ2v) is 7.23. The molecule has 2 aliphatic carbocycles. The van der Waals surface area contributed by atoms with Crippen molar-refractivity contribution in [3.05, 3.63) is 52.2 Å². The van der Waals surface area contributed by atoms with Crippen molar-refractivity contribution in [1.82, 2.24) is 9.97 Å². The van der Waals surface area contributed by atoms with E-state index in [0.717, 1.165) is 35.5 Å². The van der Waals surface area contributed by atoms with Gasteiger partial charge in [-0.25, -0.2) is 14.4 Å². The fourth-order valence-corrected chi connectivity index (χ4v) is 3.90. The van der Waals surface area contributed by atoms with E-state index in [4.69, 9.17) is 16.3 Å². The van der Waals surface area contributed by atoms with Gasteiger partial charge in [0.05, 0.1) is 18.3 Å². The van der Waals surface area contributed by atoms with Crippen LogP contribution in [-0.2, 0) is 11.2 Å². The smallest absolute Gasteiger partial charge is 0.224 e. The second-order valence-electron chi connectivity index (χ2n) is 6.89. The first-order valence-electron chi connectivity index (χ1n) is 8.73. The first-order chi connectivity index (χ1) is 12.2. The Morgan fingerprint density at radius 2 is 2.00 bits per heavy atom. The van der Waals surface area contributed by atoms with Gasteiger partial charge in [0.1, 0.15) is 11.6 Å². The van der Waals surface area contributed by atoms with Crippen LogP contribution >= 0.6 is 11.6 Å². The molecule has 0 amide bonds. The van der Waals surface area contributed by atoms with Crippen molar-refractivity contribution in [3.8, 4) is 0 Å². The van der Waals surface area contributed by atoms with E-state index >= 15 is 0 Å². The molecule has 1 aromatic carbocycles. The van der Waals surface area contributed by atoms with Crippen molar-refractivity contribution in [3.63, 3.8) is 0 Å². The van der Waals surface area contributed by atoms with Crippen LogP contribution in [0.2, 0.25) is 5.28 Å². The molecule has 2 unspecified atom stereocenters. The maximum Gasteiger partial charge on any atom is 0.224 e. The van der Waals surface area contributed by atoms with Gasteiger partial charge in [0.25, 0.3) is 0 Å². The van der Waals surface area contributed by atoms with Crippen molar-refractivity contribution in [2.45, 2.75) is 37.6 Å². The molecule has 132 valence electrons. The van der Waals surface area contributed by atoms with Gasteiger partial charge in [0, 0.05) is 18.6 Å². The molecule has 25 heavy (non-hydrogen) atoms. The van der Waals surface area contributed by atoms with Crippen LogP contribution in [0.1, 0.15) is 42.0 Å². The topological polar surface area (TPSA) is 47.0 Å². The Morgan fingerprint density at radius 3 is 2.68 bits per heavy atom. The third-order valence-corrected chi connectivity index (χ3v) is 5.33. The Kier molecular flexibility index (Phi) is 4.61. The summed E-state index contributed by atoms with van der Waals surface area (Å²) in [4.78, 5) is 8.94. The van der Waals surface area contributed by atoms with E-state index in [9.17, 15) is 4.39 Å². The molecule has 0 aliphatic heterocycles. The fourth-order valence-electron chi connectivity index (χ4n) is 3.72. The maximum absolute atomic E-state index is 13.2. The molecule has 4 rings (SSSR count). The summed E-state index contributed by atoms with van der Waals surface area (Å²) in [5.74, 6) is 1.38. The first-order valence-corrected chi connectivity index (χ1v) is 9.10. The zero-order valence-corrected chi connectivity index (χ0v) is 14.9. The summed E-state index contributed by atoms with van der Waals surface area (Å²) >= 11 is 6.21. The van der Waals surface area contributed by atoms with Gasteiger partial charge < -0.3 is 10.1 Å². The summed E-state index contributed by atoms with van der Waals surface area (Å²) in [6.45, 7) is 0.655.